The third-order valence-corrected chi connectivity index (χ3v) is 7.48. The van der Waals surface area contributed by atoms with Gasteiger partial charge in [-0.25, -0.2) is 8.42 Å². The maximum atomic E-state index is 12.9. The molecular weight excluding hydrogens is 438 g/mol. The smallest absolute Gasteiger partial charge is 0.264 e. The Morgan fingerprint density at radius 3 is 2.15 bits per heavy atom. The summed E-state index contributed by atoms with van der Waals surface area (Å²) in [4.78, 5) is 26.4. The second kappa shape index (κ2) is 9.07. The fraction of sp³-hybridized carbons (Fsp3) is 0.200. The van der Waals surface area contributed by atoms with Crippen molar-refractivity contribution in [1.29, 1.82) is 0 Å². The fourth-order valence-corrected chi connectivity index (χ4v) is 4.87. The molecule has 8 heteroatoms. The molecule has 1 aliphatic rings. The molecule has 0 spiro atoms. The highest BCUT2D eigenvalue weighted by molar-refractivity contribution is 7.92. The minimum absolute atomic E-state index is 0.112. The van der Waals surface area contributed by atoms with Crippen molar-refractivity contribution in [3.8, 4) is 0 Å². The molecule has 1 N–H and O–H groups in total. The van der Waals surface area contributed by atoms with Crippen molar-refractivity contribution >= 4 is 38.9 Å². The van der Waals surface area contributed by atoms with E-state index < -0.39 is 10.0 Å². The number of hydrogen-bond acceptors (Lipinski definition) is 4. The first-order chi connectivity index (χ1) is 15.8. The number of anilines is 3. The van der Waals surface area contributed by atoms with Gasteiger partial charge in [-0.15, -0.1) is 0 Å². The Morgan fingerprint density at radius 2 is 1.58 bits per heavy atom. The van der Waals surface area contributed by atoms with Gasteiger partial charge in [0.2, 0.25) is 5.91 Å². The van der Waals surface area contributed by atoms with Crippen LogP contribution in [0.3, 0.4) is 0 Å². The van der Waals surface area contributed by atoms with E-state index in [1.807, 2.05) is 19.1 Å². The highest BCUT2D eigenvalue weighted by Crippen LogP contribution is 2.25. The molecule has 33 heavy (non-hydrogen) atoms. The Morgan fingerprint density at radius 1 is 0.939 bits per heavy atom. The van der Waals surface area contributed by atoms with Crippen LogP contribution in [0.25, 0.3) is 0 Å². The number of nitrogens with zero attached hydrogens (tertiary/aromatic N) is 2. The summed E-state index contributed by atoms with van der Waals surface area (Å²) < 4.78 is 26.9. The van der Waals surface area contributed by atoms with Crippen LogP contribution in [0.15, 0.2) is 77.7 Å². The lowest BCUT2D eigenvalue weighted by Crippen LogP contribution is -2.26. The number of rotatable bonds is 6. The van der Waals surface area contributed by atoms with Crippen LogP contribution in [0.5, 0.6) is 0 Å². The van der Waals surface area contributed by atoms with E-state index in [4.69, 9.17) is 0 Å². The molecule has 1 saturated heterocycles. The van der Waals surface area contributed by atoms with Crippen LogP contribution >= 0.6 is 0 Å². The molecule has 1 heterocycles. The molecule has 1 aliphatic heterocycles. The number of hydrogen-bond donors (Lipinski definition) is 1. The number of carbonyl (C=O) groups excluding carboxylic acids is 2. The van der Waals surface area contributed by atoms with Crippen LogP contribution in [-0.4, -0.2) is 33.8 Å². The summed E-state index contributed by atoms with van der Waals surface area (Å²) in [6, 6.07) is 20.2. The second-order valence-corrected chi connectivity index (χ2v) is 9.95. The fourth-order valence-electron chi connectivity index (χ4n) is 3.68. The SMILES string of the molecule is Cc1ccc(S(=O)(=O)N(C)c2ccc(C(=O)Nc3ccc(N4CCCC4=O)cc3)cc2)cc1. The molecular formula is C25H25N3O4S. The lowest BCUT2D eigenvalue weighted by molar-refractivity contribution is -0.117. The van der Waals surface area contributed by atoms with Crippen molar-refractivity contribution in [2.24, 2.45) is 0 Å². The van der Waals surface area contributed by atoms with Crippen LogP contribution in [0, 0.1) is 6.92 Å². The summed E-state index contributed by atoms with van der Waals surface area (Å²) in [5.41, 5.74) is 3.26. The Balaban J connectivity index is 1.43. The maximum absolute atomic E-state index is 12.9. The Hall–Kier alpha value is -3.65. The first kappa shape index (κ1) is 22.5. The zero-order valence-corrected chi connectivity index (χ0v) is 19.3. The van der Waals surface area contributed by atoms with Gasteiger partial charge in [0.1, 0.15) is 0 Å². The van der Waals surface area contributed by atoms with Crippen molar-refractivity contribution in [2.45, 2.75) is 24.7 Å². The molecule has 3 aromatic carbocycles. The molecule has 0 atom stereocenters. The summed E-state index contributed by atoms with van der Waals surface area (Å²) in [5, 5.41) is 2.82. The molecule has 4 rings (SSSR count). The quantitative estimate of drug-likeness (QED) is 0.594. The molecule has 0 aliphatic carbocycles. The van der Waals surface area contributed by atoms with Gasteiger partial charge in [0.25, 0.3) is 15.9 Å². The van der Waals surface area contributed by atoms with Gasteiger partial charge in [-0.05, 0) is 74.0 Å². The third-order valence-electron chi connectivity index (χ3n) is 5.68. The monoisotopic (exact) mass is 463 g/mol. The van der Waals surface area contributed by atoms with E-state index in [9.17, 15) is 18.0 Å². The van der Waals surface area contributed by atoms with Crippen LogP contribution in [0.2, 0.25) is 0 Å². The molecule has 7 nitrogen and oxygen atoms in total. The summed E-state index contributed by atoms with van der Waals surface area (Å²) in [6.07, 6.45) is 1.42. The highest BCUT2D eigenvalue weighted by Gasteiger charge is 2.22. The van der Waals surface area contributed by atoms with Crippen molar-refractivity contribution in [3.63, 3.8) is 0 Å². The second-order valence-electron chi connectivity index (χ2n) is 7.98. The van der Waals surface area contributed by atoms with Gasteiger partial charge in [0, 0.05) is 37.0 Å². The summed E-state index contributed by atoms with van der Waals surface area (Å²) in [6.45, 7) is 2.61. The standard InChI is InChI=1S/C25H25N3O4S/c1-18-5-15-23(16-6-18)33(31,32)27(2)21-11-7-19(8-12-21)25(30)26-20-9-13-22(14-10-20)28-17-3-4-24(28)29/h5-16H,3-4,17H2,1-2H3,(H,26,30). The average molecular weight is 464 g/mol. The molecule has 3 aromatic rings. The van der Waals surface area contributed by atoms with E-state index >= 15 is 0 Å². The van der Waals surface area contributed by atoms with Crippen LogP contribution in [0.1, 0.15) is 28.8 Å². The predicted molar refractivity (Wildman–Crippen MR) is 129 cm³/mol. The normalized spacial score (nSPS) is 13.8. The van der Waals surface area contributed by atoms with Crippen LogP contribution in [-0.2, 0) is 14.8 Å². The van der Waals surface area contributed by atoms with E-state index in [1.165, 1.54) is 11.4 Å². The average Bonchev–Trinajstić information content (AvgIpc) is 3.25. The molecule has 0 aromatic heterocycles. The van der Waals surface area contributed by atoms with E-state index in [1.54, 1.807) is 65.6 Å². The Kier molecular flexibility index (Phi) is 6.20. The van der Waals surface area contributed by atoms with Gasteiger partial charge in [0.05, 0.1) is 10.6 Å². The minimum atomic E-state index is -3.70. The number of sulfonamides is 1. The number of amides is 2. The van der Waals surface area contributed by atoms with Crippen molar-refractivity contribution in [1.82, 2.24) is 0 Å². The Labute approximate surface area is 193 Å². The first-order valence-electron chi connectivity index (χ1n) is 10.6. The van der Waals surface area contributed by atoms with Gasteiger partial charge >= 0.3 is 0 Å². The number of carbonyl (C=O) groups is 2. The molecule has 2 amide bonds. The molecule has 0 saturated carbocycles. The van der Waals surface area contributed by atoms with E-state index in [2.05, 4.69) is 5.32 Å². The highest BCUT2D eigenvalue weighted by atomic mass is 32.2. The van der Waals surface area contributed by atoms with Gasteiger partial charge in [-0.1, -0.05) is 17.7 Å². The summed E-state index contributed by atoms with van der Waals surface area (Å²) in [5.74, 6) is -0.197. The first-order valence-corrected chi connectivity index (χ1v) is 12.1. The molecule has 0 bridgehead atoms. The topological polar surface area (TPSA) is 86.8 Å². The summed E-state index contributed by atoms with van der Waals surface area (Å²) in [7, 11) is -2.22. The van der Waals surface area contributed by atoms with Gasteiger partial charge < -0.3 is 10.2 Å². The zero-order valence-electron chi connectivity index (χ0n) is 18.5. The number of nitrogens with one attached hydrogen (secondary N) is 1. The van der Waals surface area contributed by atoms with Crippen LogP contribution < -0.4 is 14.5 Å². The zero-order chi connectivity index (χ0) is 23.6. The number of benzene rings is 3. The van der Waals surface area contributed by atoms with Gasteiger partial charge in [0.15, 0.2) is 0 Å². The molecule has 1 fully saturated rings. The minimum Gasteiger partial charge on any atom is -0.322 e. The lowest BCUT2D eigenvalue weighted by Gasteiger charge is -2.20. The predicted octanol–water partition coefficient (Wildman–Crippen LogP) is 4.20. The van der Waals surface area contributed by atoms with Crippen molar-refractivity contribution in [2.75, 3.05) is 28.1 Å². The van der Waals surface area contributed by atoms with Gasteiger partial charge in [-0.2, -0.15) is 0 Å². The lowest BCUT2D eigenvalue weighted by atomic mass is 10.2. The van der Waals surface area contributed by atoms with Crippen molar-refractivity contribution < 1.29 is 18.0 Å². The van der Waals surface area contributed by atoms with E-state index in [0.29, 0.717) is 29.9 Å². The maximum Gasteiger partial charge on any atom is 0.264 e. The third kappa shape index (κ3) is 4.75. The van der Waals surface area contributed by atoms with Gasteiger partial charge in [-0.3, -0.25) is 13.9 Å². The van der Waals surface area contributed by atoms with Crippen LogP contribution in [0.4, 0.5) is 17.1 Å². The van der Waals surface area contributed by atoms with Crippen molar-refractivity contribution in [3.05, 3.63) is 83.9 Å². The van der Waals surface area contributed by atoms with E-state index in [0.717, 1.165) is 17.7 Å². The summed E-state index contributed by atoms with van der Waals surface area (Å²) >= 11 is 0. The molecule has 0 unspecified atom stereocenters. The largest absolute Gasteiger partial charge is 0.322 e. The molecule has 0 radical (unpaired) electrons. The molecule has 170 valence electrons. The van der Waals surface area contributed by atoms with E-state index in [-0.39, 0.29) is 16.7 Å². The number of aryl methyl sites for hydroxylation is 1. The Bertz CT molecular complexity index is 1270.